The van der Waals surface area contributed by atoms with E-state index in [1.165, 1.54) is 12.8 Å². The van der Waals surface area contributed by atoms with Gasteiger partial charge in [0.2, 0.25) is 0 Å². The van der Waals surface area contributed by atoms with Gasteiger partial charge in [0.15, 0.2) is 11.5 Å². The molecular weight excluding hydrogens is 274 g/mol. The minimum atomic E-state index is 0.296. The van der Waals surface area contributed by atoms with Crippen molar-refractivity contribution in [2.45, 2.75) is 31.8 Å². The van der Waals surface area contributed by atoms with E-state index in [1.54, 1.807) is 7.11 Å². The Kier molecular flexibility index (Phi) is 4.29. The topological polar surface area (TPSA) is 42.2 Å². The summed E-state index contributed by atoms with van der Waals surface area (Å²) >= 11 is 0. The van der Waals surface area contributed by atoms with Crippen LogP contribution in [-0.4, -0.2) is 13.2 Å². The van der Waals surface area contributed by atoms with Gasteiger partial charge in [0, 0.05) is 0 Å². The van der Waals surface area contributed by atoms with Gasteiger partial charge in [0.1, 0.15) is 0 Å². The van der Waals surface area contributed by atoms with Crippen molar-refractivity contribution in [3.05, 3.63) is 48.0 Å². The summed E-state index contributed by atoms with van der Waals surface area (Å²) < 4.78 is 11.5. The van der Waals surface area contributed by atoms with Gasteiger partial charge in [-0.1, -0.05) is 18.2 Å². The number of hydrogen-bond donors (Lipinski definition) is 0. The van der Waals surface area contributed by atoms with Crippen LogP contribution in [0.1, 0.15) is 31.2 Å². The Balaban J connectivity index is 1.89. The number of benzene rings is 2. The van der Waals surface area contributed by atoms with E-state index >= 15 is 0 Å². The van der Waals surface area contributed by atoms with Crippen LogP contribution in [0.3, 0.4) is 0 Å². The maximum Gasteiger partial charge on any atom is 0.162 e. The summed E-state index contributed by atoms with van der Waals surface area (Å²) in [5.74, 6) is 1.57. The van der Waals surface area contributed by atoms with E-state index in [2.05, 4.69) is 6.07 Å². The molecule has 3 nitrogen and oxygen atoms in total. The smallest absolute Gasteiger partial charge is 0.162 e. The molecule has 0 radical (unpaired) electrons. The predicted molar refractivity (Wildman–Crippen MR) is 86.0 cm³/mol. The Morgan fingerprint density at radius 2 is 1.64 bits per heavy atom. The van der Waals surface area contributed by atoms with E-state index in [1.807, 2.05) is 42.5 Å². The summed E-state index contributed by atoms with van der Waals surface area (Å²) in [6.45, 7) is 0. The van der Waals surface area contributed by atoms with Crippen LogP contribution in [0.15, 0.2) is 42.5 Å². The van der Waals surface area contributed by atoms with Crippen LogP contribution in [0.25, 0.3) is 11.1 Å². The lowest BCUT2D eigenvalue weighted by Crippen LogP contribution is -2.11. The van der Waals surface area contributed by atoms with Crippen LogP contribution >= 0.6 is 0 Å². The Hall–Kier alpha value is -2.47. The first-order valence-electron chi connectivity index (χ1n) is 7.65. The highest BCUT2D eigenvalue weighted by molar-refractivity contribution is 5.67. The normalized spacial score (nSPS) is 14.5. The largest absolute Gasteiger partial charge is 0.493 e. The van der Waals surface area contributed by atoms with Crippen molar-refractivity contribution in [2.24, 2.45) is 0 Å². The zero-order chi connectivity index (χ0) is 15.4. The molecule has 0 amide bonds. The van der Waals surface area contributed by atoms with Crippen molar-refractivity contribution in [2.75, 3.05) is 7.11 Å². The van der Waals surface area contributed by atoms with Crippen molar-refractivity contribution >= 4 is 0 Å². The van der Waals surface area contributed by atoms with Crippen LogP contribution < -0.4 is 9.47 Å². The molecule has 0 aromatic heterocycles. The van der Waals surface area contributed by atoms with E-state index in [9.17, 15) is 0 Å². The van der Waals surface area contributed by atoms with Gasteiger partial charge >= 0.3 is 0 Å². The average Bonchev–Trinajstić information content (AvgIpc) is 3.08. The van der Waals surface area contributed by atoms with E-state index < -0.39 is 0 Å². The molecule has 1 aliphatic carbocycles. The lowest BCUT2D eigenvalue weighted by molar-refractivity contribution is 0.201. The summed E-state index contributed by atoms with van der Waals surface area (Å²) in [7, 11) is 1.66. The first kappa shape index (κ1) is 14.5. The third-order valence-electron chi connectivity index (χ3n) is 4.11. The summed E-state index contributed by atoms with van der Waals surface area (Å²) in [6.07, 6.45) is 5.00. The fraction of sp³-hybridized carbons (Fsp3) is 0.316. The third-order valence-corrected chi connectivity index (χ3v) is 4.11. The molecule has 3 heteroatoms. The minimum Gasteiger partial charge on any atom is -0.493 e. The highest BCUT2D eigenvalue weighted by atomic mass is 16.5. The first-order valence-corrected chi connectivity index (χ1v) is 7.65. The molecule has 0 saturated heterocycles. The van der Waals surface area contributed by atoms with Crippen molar-refractivity contribution in [3.63, 3.8) is 0 Å². The minimum absolute atomic E-state index is 0.296. The van der Waals surface area contributed by atoms with Gasteiger partial charge in [0.05, 0.1) is 24.8 Å². The second kappa shape index (κ2) is 6.53. The summed E-state index contributed by atoms with van der Waals surface area (Å²) in [5, 5.41) is 8.88. The number of rotatable bonds is 4. The van der Waals surface area contributed by atoms with Crippen molar-refractivity contribution in [1.29, 1.82) is 5.26 Å². The number of hydrogen-bond acceptors (Lipinski definition) is 3. The molecule has 2 aromatic rings. The highest BCUT2D eigenvalue weighted by Crippen LogP contribution is 2.35. The number of ether oxygens (including phenoxy) is 2. The lowest BCUT2D eigenvalue weighted by atomic mass is 10.0. The molecule has 1 aliphatic rings. The van der Waals surface area contributed by atoms with Crippen LogP contribution in [0, 0.1) is 11.3 Å². The molecule has 0 heterocycles. The Labute approximate surface area is 131 Å². The zero-order valence-electron chi connectivity index (χ0n) is 12.7. The van der Waals surface area contributed by atoms with Crippen molar-refractivity contribution in [3.8, 4) is 28.7 Å². The van der Waals surface area contributed by atoms with Gasteiger partial charge in [-0.15, -0.1) is 0 Å². The van der Waals surface area contributed by atoms with Gasteiger partial charge in [-0.2, -0.15) is 5.26 Å². The van der Waals surface area contributed by atoms with Crippen molar-refractivity contribution in [1.82, 2.24) is 0 Å². The second-order valence-electron chi connectivity index (χ2n) is 5.58. The van der Waals surface area contributed by atoms with E-state index in [-0.39, 0.29) is 0 Å². The SMILES string of the molecule is COc1ccc(-c2ccc(C#N)cc2)cc1OC1CCCC1. The Morgan fingerprint density at radius 3 is 2.27 bits per heavy atom. The van der Waals surface area contributed by atoms with E-state index in [0.717, 1.165) is 35.5 Å². The monoisotopic (exact) mass is 293 g/mol. The number of nitriles is 1. The van der Waals surface area contributed by atoms with Crippen LogP contribution in [-0.2, 0) is 0 Å². The van der Waals surface area contributed by atoms with Crippen molar-refractivity contribution < 1.29 is 9.47 Å². The average molecular weight is 293 g/mol. The third kappa shape index (κ3) is 3.07. The van der Waals surface area contributed by atoms with Gasteiger partial charge in [-0.25, -0.2) is 0 Å². The molecule has 0 bridgehead atoms. The fourth-order valence-electron chi connectivity index (χ4n) is 2.87. The summed E-state index contributed by atoms with van der Waals surface area (Å²) in [5.41, 5.74) is 2.80. The molecule has 3 rings (SSSR count). The Bertz CT molecular complexity index is 680. The van der Waals surface area contributed by atoms with Gasteiger partial charge in [0.25, 0.3) is 0 Å². The Morgan fingerprint density at radius 1 is 0.955 bits per heavy atom. The summed E-state index contributed by atoms with van der Waals surface area (Å²) in [4.78, 5) is 0. The number of nitrogens with zero attached hydrogens (tertiary/aromatic N) is 1. The van der Waals surface area contributed by atoms with Crippen LogP contribution in [0.4, 0.5) is 0 Å². The molecular formula is C19H19NO2. The molecule has 0 unspecified atom stereocenters. The van der Waals surface area contributed by atoms with E-state index in [0.29, 0.717) is 11.7 Å². The first-order chi connectivity index (χ1) is 10.8. The summed E-state index contributed by atoms with van der Waals surface area (Å²) in [6, 6.07) is 15.7. The maximum absolute atomic E-state index is 8.88. The lowest BCUT2D eigenvalue weighted by Gasteiger charge is -2.17. The molecule has 22 heavy (non-hydrogen) atoms. The van der Waals surface area contributed by atoms with Crippen LogP contribution in [0.5, 0.6) is 11.5 Å². The molecule has 1 fully saturated rings. The van der Waals surface area contributed by atoms with Crippen LogP contribution in [0.2, 0.25) is 0 Å². The molecule has 0 N–H and O–H groups in total. The molecule has 1 saturated carbocycles. The van der Waals surface area contributed by atoms with Gasteiger partial charge in [-0.3, -0.25) is 0 Å². The predicted octanol–water partition coefficient (Wildman–Crippen LogP) is 4.56. The zero-order valence-corrected chi connectivity index (χ0v) is 12.7. The molecule has 112 valence electrons. The molecule has 2 aromatic carbocycles. The maximum atomic E-state index is 8.88. The second-order valence-corrected chi connectivity index (χ2v) is 5.58. The molecule has 0 atom stereocenters. The fourth-order valence-corrected chi connectivity index (χ4v) is 2.87. The van der Waals surface area contributed by atoms with E-state index in [4.69, 9.17) is 14.7 Å². The molecule has 0 spiro atoms. The standard InChI is InChI=1S/C19H19NO2/c1-21-18-11-10-16(15-8-6-14(13-20)7-9-15)12-19(18)22-17-4-2-3-5-17/h6-12,17H,2-5H2,1H3. The molecule has 0 aliphatic heterocycles. The van der Waals surface area contributed by atoms with Gasteiger partial charge < -0.3 is 9.47 Å². The number of methoxy groups -OCH3 is 1. The quantitative estimate of drug-likeness (QED) is 0.830. The van der Waals surface area contributed by atoms with Gasteiger partial charge in [-0.05, 0) is 61.1 Å². The highest BCUT2D eigenvalue weighted by Gasteiger charge is 2.18.